The van der Waals surface area contributed by atoms with Crippen molar-refractivity contribution in [1.29, 1.82) is 0 Å². The molecule has 0 unspecified atom stereocenters. The highest BCUT2D eigenvalue weighted by Gasteiger charge is 2.00. The molecule has 0 aliphatic heterocycles. The number of aromatic nitrogens is 1. The van der Waals surface area contributed by atoms with Gasteiger partial charge in [0, 0.05) is 32.6 Å². The molecule has 0 saturated heterocycles. The van der Waals surface area contributed by atoms with Crippen LogP contribution < -0.4 is 5.32 Å². The first kappa shape index (κ1) is 14.0. The summed E-state index contributed by atoms with van der Waals surface area (Å²) in [5.41, 5.74) is 3.48. The Bertz CT molecular complexity index is 531. The van der Waals surface area contributed by atoms with Gasteiger partial charge in [0.25, 0.3) is 0 Å². The molecule has 0 fully saturated rings. The van der Waals surface area contributed by atoms with Gasteiger partial charge in [0.15, 0.2) is 0 Å². The Balaban J connectivity index is 1.89. The maximum Gasteiger partial charge on any atom is 0.0713 e. The number of hydrogen-bond donors (Lipinski definition) is 1. The Morgan fingerprint density at radius 2 is 2.05 bits per heavy atom. The van der Waals surface area contributed by atoms with E-state index in [0.717, 1.165) is 18.7 Å². The van der Waals surface area contributed by atoms with Gasteiger partial charge in [-0.2, -0.15) is 0 Å². The van der Waals surface area contributed by atoms with Gasteiger partial charge in [-0.25, -0.2) is 0 Å². The zero-order valence-corrected chi connectivity index (χ0v) is 11.7. The molecule has 1 heterocycles. The number of rotatable bonds is 6. The second-order valence-corrected chi connectivity index (χ2v) is 4.73. The van der Waals surface area contributed by atoms with Crippen molar-refractivity contribution in [2.75, 3.05) is 7.11 Å². The molecule has 0 amide bonds. The van der Waals surface area contributed by atoms with Gasteiger partial charge in [-0.1, -0.05) is 35.9 Å². The van der Waals surface area contributed by atoms with Gasteiger partial charge >= 0.3 is 0 Å². The molecule has 2 rings (SSSR count). The number of nitrogens with one attached hydrogen (secondary N) is 1. The maximum absolute atomic E-state index is 6.05. The zero-order chi connectivity index (χ0) is 13.5. The molecule has 19 heavy (non-hydrogen) atoms. The van der Waals surface area contributed by atoms with Crippen LogP contribution in [0.4, 0.5) is 0 Å². The van der Waals surface area contributed by atoms with Crippen LogP contribution >= 0.6 is 11.6 Å². The maximum atomic E-state index is 6.05. The molecule has 4 heteroatoms. The average Bonchev–Trinajstić information content (AvgIpc) is 2.42. The van der Waals surface area contributed by atoms with Crippen LogP contribution in [0.2, 0.25) is 5.02 Å². The van der Waals surface area contributed by atoms with Gasteiger partial charge in [0.2, 0.25) is 0 Å². The largest absolute Gasteiger partial charge is 0.380 e. The lowest BCUT2D eigenvalue weighted by Gasteiger charge is -2.08. The third kappa shape index (κ3) is 4.31. The predicted octanol–water partition coefficient (Wildman–Crippen LogP) is 3.17. The monoisotopic (exact) mass is 276 g/mol. The lowest BCUT2D eigenvalue weighted by Crippen LogP contribution is -2.13. The summed E-state index contributed by atoms with van der Waals surface area (Å²) < 4.78 is 5.13. The summed E-state index contributed by atoms with van der Waals surface area (Å²) in [4.78, 5) is 3.97. The van der Waals surface area contributed by atoms with E-state index in [-0.39, 0.29) is 0 Å². The lowest BCUT2D eigenvalue weighted by molar-refractivity contribution is 0.185. The van der Waals surface area contributed by atoms with E-state index in [9.17, 15) is 0 Å². The van der Waals surface area contributed by atoms with Crippen LogP contribution in [-0.2, 0) is 24.4 Å². The van der Waals surface area contributed by atoms with E-state index in [1.165, 1.54) is 11.1 Å². The van der Waals surface area contributed by atoms with Crippen LogP contribution in [-0.4, -0.2) is 12.1 Å². The van der Waals surface area contributed by atoms with Crippen LogP contribution in [0.1, 0.15) is 16.7 Å². The summed E-state index contributed by atoms with van der Waals surface area (Å²) in [5.74, 6) is 0. The molecule has 1 aromatic carbocycles. The van der Waals surface area contributed by atoms with Gasteiger partial charge in [-0.05, 0) is 22.8 Å². The predicted molar refractivity (Wildman–Crippen MR) is 76.9 cm³/mol. The summed E-state index contributed by atoms with van der Waals surface area (Å²) in [7, 11) is 1.70. The molecule has 0 bridgehead atoms. The van der Waals surface area contributed by atoms with Gasteiger partial charge in [-0.15, -0.1) is 0 Å². The Morgan fingerprint density at radius 3 is 2.84 bits per heavy atom. The quantitative estimate of drug-likeness (QED) is 0.880. The Labute approximate surface area is 118 Å². The first-order chi connectivity index (χ1) is 9.29. The molecule has 0 radical (unpaired) electrons. The third-order valence-corrected chi connectivity index (χ3v) is 3.14. The summed E-state index contributed by atoms with van der Waals surface area (Å²) in [6, 6.07) is 10.3. The van der Waals surface area contributed by atoms with Gasteiger partial charge in [-0.3, -0.25) is 4.98 Å². The molecule has 0 spiro atoms. The minimum atomic E-state index is 0.643. The summed E-state index contributed by atoms with van der Waals surface area (Å²) in [5, 5.41) is 4.07. The highest BCUT2D eigenvalue weighted by atomic mass is 35.5. The van der Waals surface area contributed by atoms with Crippen molar-refractivity contribution in [1.82, 2.24) is 10.3 Å². The molecule has 1 aromatic heterocycles. The van der Waals surface area contributed by atoms with Crippen molar-refractivity contribution in [3.05, 3.63) is 64.4 Å². The number of ether oxygens (including phenoxy) is 1. The zero-order valence-electron chi connectivity index (χ0n) is 10.9. The van der Waals surface area contributed by atoms with Crippen LogP contribution in [0.15, 0.2) is 42.7 Å². The molecular weight excluding hydrogens is 260 g/mol. The van der Waals surface area contributed by atoms with Crippen LogP contribution in [0.5, 0.6) is 0 Å². The molecule has 0 aliphatic rings. The summed E-state index contributed by atoms with van der Waals surface area (Å²) in [6.45, 7) is 2.18. The van der Waals surface area contributed by atoms with Crippen molar-refractivity contribution in [2.45, 2.75) is 19.7 Å². The van der Waals surface area contributed by atoms with E-state index in [1.54, 1.807) is 19.5 Å². The molecule has 100 valence electrons. The fourth-order valence-electron chi connectivity index (χ4n) is 1.88. The number of pyridine rings is 1. The fraction of sp³-hybridized carbons (Fsp3) is 0.267. The van der Waals surface area contributed by atoms with E-state index in [1.807, 2.05) is 12.1 Å². The minimum Gasteiger partial charge on any atom is -0.380 e. The second kappa shape index (κ2) is 7.24. The first-order valence-corrected chi connectivity index (χ1v) is 6.53. The van der Waals surface area contributed by atoms with Crippen molar-refractivity contribution in [2.24, 2.45) is 0 Å². The topological polar surface area (TPSA) is 34.1 Å². The van der Waals surface area contributed by atoms with Crippen LogP contribution in [0, 0.1) is 0 Å². The number of nitrogens with zero attached hydrogens (tertiary/aromatic N) is 1. The Hall–Kier alpha value is -1.42. The number of hydrogen-bond acceptors (Lipinski definition) is 3. The van der Waals surface area contributed by atoms with Gasteiger partial charge in [0.05, 0.1) is 11.6 Å². The van der Waals surface area contributed by atoms with Crippen molar-refractivity contribution >= 4 is 11.6 Å². The molecule has 0 aliphatic carbocycles. The van der Waals surface area contributed by atoms with Crippen molar-refractivity contribution in [3.63, 3.8) is 0 Å². The third-order valence-electron chi connectivity index (χ3n) is 2.80. The Morgan fingerprint density at radius 1 is 1.21 bits per heavy atom. The second-order valence-electron chi connectivity index (χ2n) is 4.32. The molecular formula is C15H17ClN2O. The normalized spacial score (nSPS) is 10.6. The van der Waals surface area contributed by atoms with Crippen molar-refractivity contribution in [3.8, 4) is 0 Å². The van der Waals surface area contributed by atoms with E-state index < -0.39 is 0 Å². The average molecular weight is 277 g/mol. The van der Waals surface area contributed by atoms with Crippen molar-refractivity contribution < 1.29 is 4.74 Å². The molecule has 2 aromatic rings. The summed E-state index contributed by atoms with van der Waals surface area (Å²) in [6.07, 6.45) is 3.42. The van der Waals surface area contributed by atoms with Crippen LogP contribution in [0.25, 0.3) is 0 Å². The minimum absolute atomic E-state index is 0.643. The number of benzene rings is 1. The smallest absolute Gasteiger partial charge is 0.0713 e. The molecule has 0 atom stereocenters. The molecule has 3 nitrogen and oxygen atoms in total. The lowest BCUT2D eigenvalue weighted by atomic mass is 10.1. The standard InChI is InChI=1S/C15H17ClN2O/c1-19-11-13-4-2-3-12(7-13)8-18-9-14-5-6-17-10-15(14)16/h2-7,10,18H,8-9,11H2,1H3. The van der Waals surface area contributed by atoms with Crippen LogP contribution in [0.3, 0.4) is 0 Å². The number of halogens is 1. The summed E-state index contributed by atoms with van der Waals surface area (Å²) >= 11 is 6.05. The van der Waals surface area contributed by atoms with E-state index >= 15 is 0 Å². The van der Waals surface area contributed by atoms with E-state index in [2.05, 4.69) is 28.5 Å². The highest BCUT2D eigenvalue weighted by Crippen LogP contribution is 2.13. The molecule has 0 saturated carbocycles. The SMILES string of the molecule is COCc1cccc(CNCc2ccncc2Cl)c1. The highest BCUT2D eigenvalue weighted by molar-refractivity contribution is 6.31. The van der Waals surface area contributed by atoms with Gasteiger partial charge < -0.3 is 10.1 Å². The first-order valence-electron chi connectivity index (χ1n) is 6.15. The van der Waals surface area contributed by atoms with E-state index in [0.29, 0.717) is 11.6 Å². The Kier molecular flexibility index (Phi) is 5.33. The van der Waals surface area contributed by atoms with E-state index in [4.69, 9.17) is 16.3 Å². The number of methoxy groups -OCH3 is 1. The van der Waals surface area contributed by atoms with Gasteiger partial charge in [0.1, 0.15) is 0 Å². The molecule has 1 N–H and O–H groups in total. The fourth-order valence-corrected chi connectivity index (χ4v) is 2.07.